The van der Waals surface area contributed by atoms with Crippen LogP contribution in [0, 0.1) is 0 Å². The number of halogens is 1. The maximum atomic E-state index is 5.94. The third kappa shape index (κ3) is 3.08. The molecule has 1 aromatic rings. The predicted molar refractivity (Wildman–Crippen MR) is 65.9 cm³/mol. The van der Waals surface area contributed by atoms with Crippen molar-refractivity contribution in [1.82, 2.24) is 0 Å². The summed E-state index contributed by atoms with van der Waals surface area (Å²) in [6.07, 6.45) is 6.82. The van der Waals surface area contributed by atoms with E-state index in [1.165, 1.54) is 24.0 Å². The molecule has 0 heterocycles. The van der Waals surface area contributed by atoms with Crippen LogP contribution in [0.5, 0.6) is 0 Å². The van der Waals surface area contributed by atoms with E-state index in [2.05, 4.69) is 12.1 Å². The van der Waals surface area contributed by atoms with Crippen LogP contribution in [-0.2, 0) is 0 Å². The highest BCUT2D eigenvalue weighted by Gasteiger charge is 2.12. The van der Waals surface area contributed by atoms with Crippen molar-refractivity contribution in [3.05, 3.63) is 40.4 Å². The van der Waals surface area contributed by atoms with Crippen molar-refractivity contribution < 1.29 is 0 Å². The van der Waals surface area contributed by atoms with Gasteiger partial charge in [0.25, 0.3) is 0 Å². The second-order valence-electron chi connectivity index (χ2n) is 4.21. The van der Waals surface area contributed by atoms with Crippen molar-refractivity contribution in [1.29, 1.82) is 0 Å². The van der Waals surface area contributed by atoms with Crippen molar-refractivity contribution in [3.63, 3.8) is 0 Å². The molecule has 0 aromatic heterocycles. The number of hydrogen-bond donors (Lipinski definition) is 1. The van der Waals surface area contributed by atoms with Gasteiger partial charge in [-0.15, -0.1) is 0 Å². The second-order valence-corrected chi connectivity index (χ2v) is 4.65. The molecule has 1 aromatic carbocycles. The van der Waals surface area contributed by atoms with Gasteiger partial charge in [0.15, 0.2) is 0 Å². The summed E-state index contributed by atoms with van der Waals surface area (Å²) < 4.78 is 0. The van der Waals surface area contributed by atoms with Gasteiger partial charge in [-0.05, 0) is 43.4 Å². The Morgan fingerprint density at radius 1 is 1.40 bits per heavy atom. The lowest BCUT2D eigenvalue weighted by atomic mass is 9.90. The largest absolute Gasteiger partial charge is 0.327 e. The van der Waals surface area contributed by atoms with Crippen LogP contribution in [0.25, 0.3) is 6.08 Å². The van der Waals surface area contributed by atoms with Crippen molar-refractivity contribution >= 4 is 17.7 Å². The van der Waals surface area contributed by atoms with Gasteiger partial charge in [-0.25, -0.2) is 0 Å². The van der Waals surface area contributed by atoms with Gasteiger partial charge in [0.1, 0.15) is 0 Å². The fourth-order valence-electron chi connectivity index (χ4n) is 2.10. The van der Waals surface area contributed by atoms with E-state index in [0.717, 1.165) is 17.9 Å². The first-order valence-corrected chi connectivity index (χ1v) is 5.82. The standard InChI is InChI=1S/C13H16ClN/c14-12-5-1-3-10(8-12)7-11-4-2-6-13(15)9-11/h1,3,5,7-8,13H,2,4,6,9,15H2. The maximum Gasteiger partial charge on any atom is 0.0411 e. The molecule has 0 spiro atoms. The summed E-state index contributed by atoms with van der Waals surface area (Å²) in [6.45, 7) is 0. The molecule has 1 aliphatic rings. The van der Waals surface area contributed by atoms with Gasteiger partial charge in [-0.3, -0.25) is 0 Å². The average molecular weight is 222 g/mol. The molecule has 80 valence electrons. The number of benzene rings is 1. The Morgan fingerprint density at radius 2 is 2.27 bits per heavy atom. The van der Waals surface area contributed by atoms with Gasteiger partial charge >= 0.3 is 0 Å². The van der Waals surface area contributed by atoms with Gasteiger partial charge < -0.3 is 5.73 Å². The molecule has 15 heavy (non-hydrogen) atoms. The predicted octanol–water partition coefficient (Wildman–Crippen LogP) is 3.62. The summed E-state index contributed by atoms with van der Waals surface area (Å²) in [6, 6.07) is 8.31. The van der Waals surface area contributed by atoms with Crippen LogP contribution in [0.4, 0.5) is 0 Å². The molecule has 1 saturated carbocycles. The van der Waals surface area contributed by atoms with Crippen LogP contribution in [-0.4, -0.2) is 6.04 Å². The molecule has 2 heteroatoms. The minimum absolute atomic E-state index is 0.351. The molecule has 2 N–H and O–H groups in total. The van der Waals surface area contributed by atoms with E-state index < -0.39 is 0 Å². The Labute approximate surface area is 95.9 Å². The zero-order valence-electron chi connectivity index (χ0n) is 8.75. The van der Waals surface area contributed by atoms with Crippen LogP contribution in [0.3, 0.4) is 0 Å². The molecular formula is C13H16ClN. The molecule has 0 amide bonds. The first kappa shape index (κ1) is 10.7. The van der Waals surface area contributed by atoms with Crippen molar-refractivity contribution in [2.75, 3.05) is 0 Å². The normalized spacial score (nSPS) is 24.4. The maximum absolute atomic E-state index is 5.94. The number of rotatable bonds is 1. The van der Waals surface area contributed by atoms with E-state index in [1.807, 2.05) is 18.2 Å². The van der Waals surface area contributed by atoms with Crippen LogP contribution < -0.4 is 5.73 Å². The quantitative estimate of drug-likeness (QED) is 0.770. The fraction of sp³-hybridized carbons (Fsp3) is 0.385. The monoisotopic (exact) mass is 221 g/mol. The molecule has 0 saturated heterocycles. The van der Waals surface area contributed by atoms with Gasteiger partial charge in [0, 0.05) is 11.1 Å². The zero-order chi connectivity index (χ0) is 10.7. The smallest absolute Gasteiger partial charge is 0.0411 e. The molecule has 1 atom stereocenters. The fourth-order valence-corrected chi connectivity index (χ4v) is 2.29. The third-order valence-corrected chi connectivity index (χ3v) is 3.05. The Hall–Kier alpha value is -0.790. The van der Waals surface area contributed by atoms with E-state index >= 15 is 0 Å². The molecule has 2 rings (SSSR count). The van der Waals surface area contributed by atoms with Crippen molar-refractivity contribution in [3.8, 4) is 0 Å². The summed E-state index contributed by atoms with van der Waals surface area (Å²) in [5, 5.41) is 0.796. The summed E-state index contributed by atoms with van der Waals surface area (Å²) in [5.74, 6) is 0. The first-order chi connectivity index (χ1) is 7.24. The Balaban J connectivity index is 2.15. The molecule has 1 fully saturated rings. The Kier molecular flexibility index (Phi) is 3.45. The van der Waals surface area contributed by atoms with Crippen LogP contribution in [0.1, 0.15) is 31.2 Å². The number of hydrogen-bond acceptors (Lipinski definition) is 1. The van der Waals surface area contributed by atoms with E-state index in [1.54, 1.807) is 0 Å². The minimum Gasteiger partial charge on any atom is -0.327 e. The summed E-state index contributed by atoms with van der Waals surface area (Å²) in [4.78, 5) is 0. The SMILES string of the molecule is NC1CCCC(=Cc2cccc(Cl)c2)C1. The van der Waals surface area contributed by atoms with E-state index in [0.29, 0.717) is 6.04 Å². The molecule has 1 unspecified atom stereocenters. The average Bonchev–Trinajstić information content (AvgIpc) is 2.17. The lowest BCUT2D eigenvalue weighted by Gasteiger charge is -2.20. The third-order valence-electron chi connectivity index (χ3n) is 2.82. The molecule has 0 bridgehead atoms. The van der Waals surface area contributed by atoms with Crippen molar-refractivity contribution in [2.24, 2.45) is 5.73 Å². The summed E-state index contributed by atoms with van der Waals surface area (Å²) >= 11 is 5.94. The molecule has 1 nitrogen and oxygen atoms in total. The second kappa shape index (κ2) is 4.82. The van der Waals surface area contributed by atoms with Crippen LogP contribution in [0.15, 0.2) is 29.8 Å². The van der Waals surface area contributed by atoms with Gasteiger partial charge in [0.2, 0.25) is 0 Å². The zero-order valence-corrected chi connectivity index (χ0v) is 9.50. The number of nitrogens with two attached hydrogens (primary N) is 1. The first-order valence-electron chi connectivity index (χ1n) is 5.44. The highest BCUT2D eigenvalue weighted by molar-refractivity contribution is 6.30. The van der Waals surface area contributed by atoms with E-state index in [-0.39, 0.29) is 0 Å². The summed E-state index contributed by atoms with van der Waals surface area (Å²) in [5.41, 5.74) is 8.58. The van der Waals surface area contributed by atoms with Gasteiger partial charge in [0.05, 0.1) is 0 Å². The Bertz CT molecular complexity index is 371. The van der Waals surface area contributed by atoms with Gasteiger partial charge in [-0.2, -0.15) is 0 Å². The van der Waals surface area contributed by atoms with Crippen LogP contribution in [0.2, 0.25) is 5.02 Å². The van der Waals surface area contributed by atoms with Crippen molar-refractivity contribution in [2.45, 2.75) is 31.7 Å². The summed E-state index contributed by atoms with van der Waals surface area (Å²) in [7, 11) is 0. The van der Waals surface area contributed by atoms with Gasteiger partial charge in [-0.1, -0.05) is 35.4 Å². The molecule has 0 radical (unpaired) electrons. The van der Waals surface area contributed by atoms with E-state index in [9.17, 15) is 0 Å². The topological polar surface area (TPSA) is 26.0 Å². The highest BCUT2D eigenvalue weighted by atomic mass is 35.5. The lowest BCUT2D eigenvalue weighted by molar-refractivity contribution is 0.520. The highest BCUT2D eigenvalue weighted by Crippen LogP contribution is 2.25. The minimum atomic E-state index is 0.351. The van der Waals surface area contributed by atoms with Crippen LogP contribution >= 0.6 is 11.6 Å². The molecular weight excluding hydrogens is 206 g/mol. The lowest BCUT2D eigenvalue weighted by Crippen LogP contribution is -2.23. The van der Waals surface area contributed by atoms with E-state index in [4.69, 9.17) is 17.3 Å². The molecule has 1 aliphatic carbocycles. The molecule has 0 aliphatic heterocycles. The Morgan fingerprint density at radius 3 is 3.00 bits per heavy atom.